The number of nitrogens with two attached hydrogens (primary N) is 1. The first-order chi connectivity index (χ1) is 8.06. The van der Waals surface area contributed by atoms with Gasteiger partial charge in [-0.2, -0.15) is 5.01 Å². The molecule has 0 bridgehead atoms. The van der Waals surface area contributed by atoms with Gasteiger partial charge in [0.15, 0.2) is 6.04 Å². The first-order valence-corrected chi connectivity index (χ1v) is 4.75. The normalized spacial score (nSPS) is 11.5. The topological polar surface area (TPSA) is 113 Å². The van der Waals surface area contributed by atoms with Gasteiger partial charge in [0.05, 0.1) is 5.29 Å². The van der Waals surface area contributed by atoms with Crippen LogP contribution in [0.25, 0.3) is 0 Å². The van der Waals surface area contributed by atoms with Crippen LogP contribution in [0.3, 0.4) is 0 Å². The number of carboxylic acids is 1. The Morgan fingerprint density at radius 3 is 2.35 bits per heavy atom. The molecule has 1 aromatic carbocycles. The van der Waals surface area contributed by atoms with Crippen molar-refractivity contribution < 1.29 is 14.7 Å². The van der Waals surface area contributed by atoms with Gasteiger partial charge in [-0.05, 0) is 5.56 Å². The van der Waals surface area contributed by atoms with Gasteiger partial charge < -0.3 is 10.8 Å². The van der Waals surface area contributed by atoms with Gasteiger partial charge in [0, 0.05) is 6.42 Å². The van der Waals surface area contributed by atoms with Gasteiger partial charge in [0.25, 0.3) is 0 Å². The quantitative estimate of drug-likeness (QED) is 0.580. The maximum absolute atomic E-state index is 11.0. The lowest BCUT2D eigenvalue weighted by molar-refractivity contribution is -0.142. The molecule has 2 amide bonds. The summed E-state index contributed by atoms with van der Waals surface area (Å²) < 4.78 is 0. The van der Waals surface area contributed by atoms with Gasteiger partial charge in [0.1, 0.15) is 0 Å². The summed E-state index contributed by atoms with van der Waals surface area (Å²) in [6.07, 6.45) is -0.0369. The zero-order chi connectivity index (χ0) is 12.8. The summed E-state index contributed by atoms with van der Waals surface area (Å²) in [6, 6.07) is 5.98. The van der Waals surface area contributed by atoms with Gasteiger partial charge in [0.2, 0.25) is 0 Å². The molecule has 0 fully saturated rings. The smallest absolute Gasteiger partial charge is 0.338 e. The zero-order valence-electron chi connectivity index (χ0n) is 8.81. The highest BCUT2D eigenvalue weighted by molar-refractivity contribution is 5.81. The summed E-state index contributed by atoms with van der Waals surface area (Å²) >= 11 is 0. The lowest BCUT2D eigenvalue weighted by Gasteiger charge is -2.19. The standard InChI is InChI=1S/C10H11N3O4/c11-10(16)13(12-17)8(9(14)15)6-7-4-2-1-3-5-7/h1-5,8H,6H2,(H2,11,16)(H,14,15)/t8-/m0/s1. The van der Waals surface area contributed by atoms with E-state index in [0.29, 0.717) is 5.56 Å². The number of nitroso groups, excluding NO2 is 1. The highest BCUT2D eigenvalue weighted by Gasteiger charge is 2.29. The predicted octanol–water partition coefficient (Wildman–Crippen LogP) is 0.744. The number of nitrogens with zero attached hydrogens (tertiary/aromatic N) is 2. The predicted molar refractivity (Wildman–Crippen MR) is 58.8 cm³/mol. The number of carboxylic acid groups (broad SMARTS) is 1. The number of carbonyl (C=O) groups excluding carboxylic acids is 1. The number of primary amides is 1. The van der Waals surface area contributed by atoms with E-state index in [1.165, 1.54) is 0 Å². The molecule has 3 N–H and O–H groups in total. The average molecular weight is 237 g/mol. The molecule has 90 valence electrons. The van der Waals surface area contributed by atoms with E-state index >= 15 is 0 Å². The van der Waals surface area contributed by atoms with Crippen molar-refractivity contribution in [2.45, 2.75) is 12.5 Å². The Morgan fingerprint density at radius 1 is 1.35 bits per heavy atom. The monoisotopic (exact) mass is 237 g/mol. The van der Waals surface area contributed by atoms with E-state index in [9.17, 15) is 14.5 Å². The number of rotatable bonds is 5. The Balaban J connectivity index is 2.90. The lowest BCUT2D eigenvalue weighted by atomic mass is 10.1. The molecule has 1 atom stereocenters. The molecule has 0 aromatic heterocycles. The zero-order valence-corrected chi connectivity index (χ0v) is 8.81. The number of urea groups is 1. The molecule has 0 heterocycles. The van der Waals surface area contributed by atoms with Crippen LogP contribution in [0.1, 0.15) is 5.56 Å². The van der Waals surface area contributed by atoms with E-state index in [2.05, 4.69) is 5.29 Å². The molecular weight excluding hydrogens is 226 g/mol. The second-order valence-corrected chi connectivity index (χ2v) is 3.31. The van der Waals surface area contributed by atoms with Crippen LogP contribution >= 0.6 is 0 Å². The summed E-state index contributed by atoms with van der Waals surface area (Å²) in [4.78, 5) is 32.2. The highest BCUT2D eigenvalue weighted by atomic mass is 16.4. The van der Waals surface area contributed by atoms with Gasteiger partial charge in [-0.3, -0.25) is 0 Å². The first kappa shape index (κ1) is 12.6. The number of benzene rings is 1. The number of hydrogen-bond donors (Lipinski definition) is 2. The summed E-state index contributed by atoms with van der Waals surface area (Å²) in [6.45, 7) is 0. The van der Waals surface area contributed by atoms with Crippen LogP contribution in [0.15, 0.2) is 35.6 Å². The van der Waals surface area contributed by atoms with E-state index in [4.69, 9.17) is 10.8 Å². The Kier molecular flexibility index (Phi) is 4.15. The average Bonchev–Trinajstić information content (AvgIpc) is 2.29. The molecule has 0 unspecified atom stereocenters. The van der Waals surface area contributed by atoms with E-state index in [0.717, 1.165) is 0 Å². The largest absolute Gasteiger partial charge is 0.480 e. The molecule has 0 spiro atoms. The van der Waals surface area contributed by atoms with E-state index in [-0.39, 0.29) is 11.4 Å². The maximum atomic E-state index is 11.0. The molecule has 1 rings (SSSR count). The maximum Gasteiger partial charge on any atom is 0.338 e. The van der Waals surface area contributed by atoms with Gasteiger partial charge in [-0.1, -0.05) is 30.3 Å². The van der Waals surface area contributed by atoms with E-state index in [1.807, 2.05) is 0 Å². The molecule has 7 nitrogen and oxygen atoms in total. The molecule has 17 heavy (non-hydrogen) atoms. The number of aliphatic carboxylic acids is 1. The second-order valence-electron chi connectivity index (χ2n) is 3.31. The summed E-state index contributed by atoms with van der Waals surface area (Å²) in [5.41, 5.74) is 5.53. The van der Waals surface area contributed by atoms with E-state index < -0.39 is 18.0 Å². The van der Waals surface area contributed by atoms with Crippen molar-refractivity contribution in [2.75, 3.05) is 0 Å². The van der Waals surface area contributed by atoms with Crippen LogP contribution in [-0.2, 0) is 11.2 Å². The molecule has 0 radical (unpaired) electrons. The third-order valence-corrected chi connectivity index (χ3v) is 2.17. The Bertz CT molecular complexity index is 421. The Morgan fingerprint density at radius 2 is 1.94 bits per heavy atom. The van der Waals surface area contributed by atoms with Crippen molar-refractivity contribution in [1.82, 2.24) is 5.01 Å². The van der Waals surface area contributed by atoms with Gasteiger partial charge in [-0.15, -0.1) is 4.91 Å². The minimum Gasteiger partial charge on any atom is -0.480 e. The minimum absolute atomic E-state index is 0.0369. The Labute approximate surface area is 96.8 Å². The molecular formula is C10H11N3O4. The van der Waals surface area contributed by atoms with Crippen molar-refractivity contribution in [2.24, 2.45) is 11.0 Å². The van der Waals surface area contributed by atoms with Crippen LogP contribution in [-0.4, -0.2) is 28.2 Å². The fourth-order valence-electron chi connectivity index (χ4n) is 1.37. The van der Waals surface area contributed by atoms with Crippen molar-refractivity contribution in [3.63, 3.8) is 0 Å². The van der Waals surface area contributed by atoms with Crippen molar-refractivity contribution >= 4 is 12.0 Å². The third-order valence-electron chi connectivity index (χ3n) is 2.17. The SMILES string of the molecule is NC(=O)N(N=O)[C@@H](Cc1ccccc1)C(=O)O. The molecule has 0 aliphatic carbocycles. The fraction of sp³-hybridized carbons (Fsp3) is 0.200. The molecule has 1 aromatic rings. The van der Waals surface area contributed by atoms with Crippen LogP contribution in [0.5, 0.6) is 0 Å². The molecule has 0 aliphatic heterocycles. The summed E-state index contributed by atoms with van der Waals surface area (Å²) in [7, 11) is 0. The van der Waals surface area contributed by atoms with Crippen LogP contribution < -0.4 is 5.73 Å². The van der Waals surface area contributed by atoms with Crippen molar-refractivity contribution in [3.8, 4) is 0 Å². The van der Waals surface area contributed by atoms with Crippen molar-refractivity contribution in [3.05, 3.63) is 40.8 Å². The number of carbonyl (C=O) groups is 2. The highest BCUT2D eigenvalue weighted by Crippen LogP contribution is 2.09. The van der Waals surface area contributed by atoms with Crippen LogP contribution in [0.2, 0.25) is 0 Å². The number of hydrogen-bond acceptors (Lipinski definition) is 4. The van der Waals surface area contributed by atoms with E-state index in [1.54, 1.807) is 30.3 Å². The first-order valence-electron chi connectivity index (χ1n) is 4.75. The summed E-state index contributed by atoms with van der Waals surface area (Å²) in [5.74, 6) is -1.34. The second kappa shape index (κ2) is 5.59. The van der Waals surface area contributed by atoms with Gasteiger partial charge in [-0.25, -0.2) is 9.59 Å². The fourth-order valence-corrected chi connectivity index (χ4v) is 1.37. The lowest BCUT2D eigenvalue weighted by Crippen LogP contribution is -2.45. The van der Waals surface area contributed by atoms with Crippen LogP contribution in [0.4, 0.5) is 4.79 Å². The van der Waals surface area contributed by atoms with Gasteiger partial charge >= 0.3 is 12.0 Å². The van der Waals surface area contributed by atoms with Crippen LogP contribution in [0, 0.1) is 4.91 Å². The molecule has 0 aliphatic rings. The number of amides is 2. The molecule has 0 saturated carbocycles. The molecule has 0 saturated heterocycles. The minimum atomic E-state index is -1.40. The molecule has 7 heteroatoms. The third kappa shape index (κ3) is 3.26. The van der Waals surface area contributed by atoms with Crippen molar-refractivity contribution in [1.29, 1.82) is 0 Å². The Hall–Kier alpha value is -2.44. The summed E-state index contributed by atoms with van der Waals surface area (Å²) in [5, 5.41) is 11.5.